The fraction of sp³-hybridized carbons (Fsp3) is 0.682. The van der Waals surface area contributed by atoms with Crippen LogP contribution in [0.25, 0.3) is 0 Å². The van der Waals surface area contributed by atoms with E-state index >= 15 is 0 Å². The van der Waals surface area contributed by atoms with Crippen molar-refractivity contribution in [3.63, 3.8) is 0 Å². The van der Waals surface area contributed by atoms with Gasteiger partial charge < -0.3 is 10.6 Å². The van der Waals surface area contributed by atoms with Crippen molar-refractivity contribution >= 4 is 11.8 Å². The van der Waals surface area contributed by atoms with Crippen molar-refractivity contribution in [1.29, 1.82) is 0 Å². The Bertz CT molecular complexity index is 546. The van der Waals surface area contributed by atoms with Gasteiger partial charge in [-0.1, -0.05) is 77.7 Å². The summed E-state index contributed by atoms with van der Waals surface area (Å²) in [6.45, 7) is 5.50. The molecule has 2 amide bonds. The van der Waals surface area contributed by atoms with Crippen LogP contribution in [0.3, 0.4) is 0 Å². The largest absolute Gasteiger partial charge is 0.351 e. The van der Waals surface area contributed by atoms with Crippen LogP contribution in [0.1, 0.15) is 105 Å². The Morgan fingerprint density at radius 1 is 0.704 bits per heavy atom. The standard InChI is InChI=1S/C22H37N3O2/c1-3-5-6-7-8-9-10-11-12-13-18-24-22(27)20-16-14-15-19(25-20)21(26)23-17-4-2/h14-16H,3-13,17-18H2,1-2H3,(H,23,26)(H,24,27). The first-order chi connectivity index (χ1) is 13.2. The summed E-state index contributed by atoms with van der Waals surface area (Å²) in [5.41, 5.74) is 0.585. The molecule has 1 aromatic rings. The van der Waals surface area contributed by atoms with Gasteiger partial charge in [0.25, 0.3) is 11.8 Å². The summed E-state index contributed by atoms with van der Waals surface area (Å²) in [4.78, 5) is 28.3. The minimum atomic E-state index is -0.235. The predicted octanol–water partition coefficient (Wildman–Crippen LogP) is 4.87. The molecule has 0 fully saturated rings. The molecular formula is C22H37N3O2. The van der Waals surface area contributed by atoms with E-state index in [4.69, 9.17) is 0 Å². The van der Waals surface area contributed by atoms with Crippen molar-refractivity contribution < 1.29 is 9.59 Å². The SMILES string of the molecule is CCCCCCCCCCCCNC(=O)c1cccc(C(=O)NCCC)n1. The average Bonchev–Trinajstić information content (AvgIpc) is 2.70. The van der Waals surface area contributed by atoms with Crippen LogP contribution in [0.4, 0.5) is 0 Å². The molecular weight excluding hydrogens is 338 g/mol. The molecule has 0 aliphatic carbocycles. The number of hydrogen-bond acceptors (Lipinski definition) is 3. The quantitative estimate of drug-likeness (QED) is 0.430. The molecule has 0 atom stereocenters. The van der Waals surface area contributed by atoms with E-state index in [0.717, 1.165) is 19.3 Å². The summed E-state index contributed by atoms with van der Waals surface area (Å²) in [7, 11) is 0. The number of nitrogens with zero attached hydrogens (tertiary/aromatic N) is 1. The average molecular weight is 376 g/mol. The highest BCUT2D eigenvalue weighted by Gasteiger charge is 2.11. The van der Waals surface area contributed by atoms with E-state index in [2.05, 4.69) is 22.5 Å². The van der Waals surface area contributed by atoms with E-state index in [1.807, 2.05) is 6.92 Å². The molecule has 0 saturated heterocycles. The van der Waals surface area contributed by atoms with Crippen molar-refractivity contribution in [3.05, 3.63) is 29.6 Å². The number of carbonyl (C=O) groups is 2. The summed E-state index contributed by atoms with van der Waals surface area (Å²) in [6.07, 6.45) is 13.6. The van der Waals surface area contributed by atoms with Crippen molar-refractivity contribution in [3.8, 4) is 0 Å². The van der Waals surface area contributed by atoms with Gasteiger partial charge in [0, 0.05) is 13.1 Å². The van der Waals surface area contributed by atoms with Crippen LogP contribution >= 0.6 is 0 Å². The van der Waals surface area contributed by atoms with Crippen molar-refractivity contribution in [2.24, 2.45) is 0 Å². The number of aromatic nitrogens is 1. The number of unbranched alkanes of at least 4 members (excludes halogenated alkanes) is 9. The summed E-state index contributed by atoms with van der Waals surface area (Å²) in [5.74, 6) is -0.447. The minimum Gasteiger partial charge on any atom is -0.351 e. The van der Waals surface area contributed by atoms with Crippen LogP contribution in [0.2, 0.25) is 0 Å². The van der Waals surface area contributed by atoms with E-state index in [1.54, 1.807) is 18.2 Å². The molecule has 27 heavy (non-hydrogen) atoms. The second-order valence-electron chi connectivity index (χ2n) is 7.10. The van der Waals surface area contributed by atoms with E-state index in [0.29, 0.717) is 18.8 Å². The van der Waals surface area contributed by atoms with Gasteiger partial charge in [0.1, 0.15) is 11.4 Å². The molecule has 1 rings (SSSR count). The summed E-state index contributed by atoms with van der Waals surface area (Å²) in [6, 6.07) is 4.97. The van der Waals surface area contributed by atoms with E-state index in [9.17, 15) is 9.59 Å². The number of hydrogen-bond donors (Lipinski definition) is 2. The van der Waals surface area contributed by atoms with Gasteiger partial charge in [0.15, 0.2) is 0 Å². The number of rotatable bonds is 15. The first-order valence-electron chi connectivity index (χ1n) is 10.7. The fourth-order valence-electron chi connectivity index (χ4n) is 2.92. The van der Waals surface area contributed by atoms with Gasteiger partial charge in [-0.25, -0.2) is 4.98 Å². The first-order valence-corrected chi connectivity index (χ1v) is 10.7. The van der Waals surface area contributed by atoms with Crippen LogP contribution < -0.4 is 10.6 Å². The number of pyridine rings is 1. The van der Waals surface area contributed by atoms with Gasteiger partial charge in [-0.3, -0.25) is 9.59 Å². The number of amides is 2. The maximum Gasteiger partial charge on any atom is 0.269 e. The molecule has 0 bridgehead atoms. The third kappa shape index (κ3) is 10.7. The molecule has 0 spiro atoms. The molecule has 5 nitrogen and oxygen atoms in total. The Balaban J connectivity index is 2.15. The molecule has 0 saturated carbocycles. The summed E-state index contributed by atoms with van der Waals surface area (Å²) in [5, 5.41) is 5.67. The minimum absolute atomic E-state index is 0.212. The molecule has 1 heterocycles. The Morgan fingerprint density at radius 3 is 1.70 bits per heavy atom. The molecule has 0 aliphatic heterocycles. The van der Waals surface area contributed by atoms with Gasteiger partial charge in [-0.15, -0.1) is 0 Å². The van der Waals surface area contributed by atoms with Crippen LogP contribution in [0.5, 0.6) is 0 Å². The van der Waals surface area contributed by atoms with E-state index in [1.165, 1.54) is 51.4 Å². The summed E-state index contributed by atoms with van der Waals surface area (Å²) < 4.78 is 0. The molecule has 152 valence electrons. The Morgan fingerprint density at radius 2 is 1.19 bits per heavy atom. The summed E-state index contributed by atoms with van der Waals surface area (Å²) >= 11 is 0. The number of carbonyl (C=O) groups excluding carboxylic acids is 2. The van der Waals surface area contributed by atoms with Crippen LogP contribution in [-0.2, 0) is 0 Å². The Hall–Kier alpha value is -1.91. The molecule has 0 unspecified atom stereocenters. The lowest BCUT2D eigenvalue weighted by molar-refractivity contribution is 0.0944. The molecule has 0 aliphatic rings. The van der Waals surface area contributed by atoms with Gasteiger partial charge in [0.05, 0.1) is 0 Å². The van der Waals surface area contributed by atoms with Crippen molar-refractivity contribution in [1.82, 2.24) is 15.6 Å². The van der Waals surface area contributed by atoms with Crippen molar-refractivity contribution in [2.45, 2.75) is 84.5 Å². The van der Waals surface area contributed by atoms with Gasteiger partial charge in [-0.05, 0) is 25.0 Å². The molecule has 5 heteroatoms. The van der Waals surface area contributed by atoms with Crippen LogP contribution in [0, 0.1) is 0 Å². The smallest absolute Gasteiger partial charge is 0.269 e. The molecule has 0 radical (unpaired) electrons. The zero-order valence-corrected chi connectivity index (χ0v) is 17.2. The third-order valence-corrected chi connectivity index (χ3v) is 4.57. The zero-order valence-electron chi connectivity index (χ0n) is 17.2. The monoisotopic (exact) mass is 375 g/mol. The lowest BCUT2D eigenvalue weighted by Crippen LogP contribution is -2.28. The van der Waals surface area contributed by atoms with Gasteiger partial charge in [-0.2, -0.15) is 0 Å². The third-order valence-electron chi connectivity index (χ3n) is 4.57. The highest BCUT2D eigenvalue weighted by atomic mass is 16.2. The maximum absolute atomic E-state index is 12.2. The van der Waals surface area contributed by atoms with E-state index < -0.39 is 0 Å². The molecule has 2 N–H and O–H groups in total. The van der Waals surface area contributed by atoms with Crippen LogP contribution in [-0.4, -0.2) is 29.9 Å². The Labute approximate surface area is 164 Å². The highest BCUT2D eigenvalue weighted by molar-refractivity contribution is 5.96. The first kappa shape index (κ1) is 23.1. The lowest BCUT2D eigenvalue weighted by Gasteiger charge is -2.07. The molecule has 0 aromatic carbocycles. The van der Waals surface area contributed by atoms with Crippen LogP contribution in [0.15, 0.2) is 18.2 Å². The predicted molar refractivity (Wildman–Crippen MR) is 111 cm³/mol. The zero-order chi connectivity index (χ0) is 19.7. The highest BCUT2D eigenvalue weighted by Crippen LogP contribution is 2.10. The topological polar surface area (TPSA) is 71.1 Å². The number of nitrogens with one attached hydrogen (secondary N) is 2. The van der Waals surface area contributed by atoms with Gasteiger partial charge in [0.2, 0.25) is 0 Å². The maximum atomic E-state index is 12.2. The molecule has 1 aromatic heterocycles. The lowest BCUT2D eigenvalue weighted by atomic mass is 10.1. The second kappa shape index (κ2) is 15.2. The Kier molecular flexibility index (Phi) is 13.0. The second-order valence-corrected chi connectivity index (χ2v) is 7.10. The van der Waals surface area contributed by atoms with E-state index in [-0.39, 0.29) is 17.5 Å². The fourth-order valence-corrected chi connectivity index (χ4v) is 2.92. The van der Waals surface area contributed by atoms with Crippen molar-refractivity contribution in [2.75, 3.05) is 13.1 Å². The van der Waals surface area contributed by atoms with Gasteiger partial charge >= 0.3 is 0 Å². The normalized spacial score (nSPS) is 10.6.